The zero-order chi connectivity index (χ0) is 35.8. The van der Waals surface area contributed by atoms with Crippen molar-refractivity contribution in [2.24, 2.45) is 0 Å². The molecule has 0 saturated carbocycles. The van der Waals surface area contributed by atoms with Crippen LogP contribution in [-0.2, 0) is 32.6 Å². The van der Waals surface area contributed by atoms with Gasteiger partial charge in [-0.3, -0.25) is 19.8 Å². The van der Waals surface area contributed by atoms with E-state index >= 15 is 0 Å². The third-order valence-electron chi connectivity index (χ3n) is 4.55. The van der Waals surface area contributed by atoms with Crippen molar-refractivity contribution < 1.29 is 100 Å². The van der Waals surface area contributed by atoms with E-state index in [0.717, 1.165) is 63.7 Å². The predicted molar refractivity (Wildman–Crippen MR) is 141 cm³/mol. The van der Waals surface area contributed by atoms with Gasteiger partial charge < -0.3 is 10.4 Å². The number of aromatic nitrogens is 2. The summed E-state index contributed by atoms with van der Waals surface area (Å²) in [4.78, 5) is 16.4. The summed E-state index contributed by atoms with van der Waals surface area (Å²) in [6.45, 7) is 8.36. The SMILES string of the molecule is CN1CCN(Cc2ccccn2)CCN(Cc2ccccn2)CC1.F[P-](F)(F)(F)(F)F.F[P-](F)(F)(F)(F)F.F[P-](F)(F)(F)(F)F.O.[Ru+6]. The van der Waals surface area contributed by atoms with Crippen molar-refractivity contribution in [3.63, 3.8) is 0 Å². The predicted octanol–water partition coefficient (Wildman–Crippen LogP) is 11.0. The van der Waals surface area contributed by atoms with E-state index in [9.17, 15) is 75.5 Å². The fourth-order valence-corrected chi connectivity index (χ4v) is 3.00. The van der Waals surface area contributed by atoms with E-state index in [0.29, 0.717) is 0 Å². The van der Waals surface area contributed by atoms with Crippen molar-refractivity contribution in [3.05, 3.63) is 60.2 Å². The van der Waals surface area contributed by atoms with E-state index in [1.165, 1.54) is 0 Å². The first-order valence-electron chi connectivity index (χ1n) is 11.8. The van der Waals surface area contributed by atoms with E-state index in [2.05, 4.69) is 56.0 Å². The van der Waals surface area contributed by atoms with E-state index in [1.54, 1.807) is 0 Å². The van der Waals surface area contributed by atoms with Crippen molar-refractivity contribution in [3.8, 4) is 0 Å². The summed E-state index contributed by atoms with van der Waals surface area (Å²) in [7, 11) is -29.8. The fourth-order valence-electron chi connectivity index (χ4n) is 3.00. The van der Waals surface area contributed by atoms with Gasteiger partial charge in [0.15, 0.2) is 0 Å². The average molecular weight is 879 g/mol. The summed E-state index contributed by atoms with van der Waals surface area (Å²) < 4.78 is 178. The topological polar surface area (TPSA) is 67.0 Å². The summed E-state index contributed by atoms with van der Waals surface area (Å²) >= 11 is 0. The molecule has 28 heteroatoms. The van der Waals surface area contributed by atoms with Crippen molar-refractivity contribution in [1.29, 1.82) is 0 Å². The number of hydrogen-bond acceptors (Lipinski definition) is 5. The molecule has 3 heterocycles. The Bertz CT molecular complexity index is 1050. The van der Waals surface area contributed by atoms with Gasteiger partial charge in [-0.15, -0.1) is 0 Å². The molecule has 0 aliphatic carbocycles. The molecular weight excluding hydrogens is 850 g/mol. The summed E-state index contributed by atoms with van der Waals surface area (Å²) in [5.41, 5.74) is 2.30. The fraction of sp³-hybridized carbons (Fsp3) is 0.474. The molecule has 1 saturated heterocycles. The van der Waals surface area contributed by atoms with Gasteiger partial charge in [-0.1, -0.05) is 12.1 Å². The molecule has 0 aromatic carbocycles. The van der Waals surface area contributed by atoms with Crippen LogP contribution in [0.1, 0.15) is 11.4 Å². The number of halogens is 18. The molecule has 0 unspecified atom stereocenters. The van der Waals surface area contributed by atoms with Gasteiger partial charge in [0.1, 0.15) is 0 Å². The van der Waals surface area contributed by atoms with Gasteiger partial charge in [0.2, 0.25) is 0 Å². The van der Waals surface area contributed by atoms with E-state index in [-0.39, 0.29) is 25.0 Å². The van der Waals surface area contributed by atoms with Gasteiger partial charge in [0.25, 0.3) is 0 Å². The second kappa shape index (κ2) is 14.6. The molecule has 0 atom stereocenters. The Morgan fingerprint density at radius 1 is 0.489 bits per heavy atom. The van der Waals surface area contributed by atoms with E-state index < -0.39 is 23.4 Å². The maximum atomic E-state index is 9.87. The standard InChI is InChI=1S/C19H27N5.3F6P.H2O.Ru/c1-22-10-12-23(16-18-6-2-4-8-20-18)14-15-24(13-11-22)17-19-7-3-5-9-21-19;3*1-7(2,3,4,5)6;;/h2-9H,10-17H2,1H3;;;;1H2;/q;3*-1;;+6. The van der Waals surface area contributed by atoms with Gasteiger partial charge in [-0.25, -0.2) is 0 Å². The Morgan fingerprint density at radius 3 is 0.936 bits per heavy atom. The van der Waals surface area contributed by atoms with Crippen molar-refractivity contribution in [2.75, 3.05) is 46.3 Å². The van der Waals surface area contributed by atoms with Gasteiger partial charge in [0, 0.05) is 64.8 Å². The zero-order valence-corrected chi connectivity index (χ0v) is 27.9. The van der Waals surface area contributed by atoms with Gasteiger partial charge in [-0.2, -0.15) is 0 Å². The number of hydrogen-bond donors (Lipinski definition) is 0. The van der Waals surface area contributed by atoms with Crippen LogP contribution < -0.4 is 0 Å². The molecule has 1 fully saturated rings. The second-order valence-corrected chi connectivity index (χ2v) is 15.1. The molecule has 0 amide bonds. The van der Waals surface area contributed by atoms with Gasteiger partial charge in [0.05, 0.1) is 11.4 Å². The van der Waals surface area contributed by atoms with Gasteiger partial charge >= 0.3 is 118 Å². The number of likely N-dealkylation sites (N-methyl/N-ethyl adjacent to an activating group) is 1. The Morgan fingerprint density at radius 2 is 0.723 bits per heavy atom. The van der Waals surface area contributed by atoms with Gasteiger partial charge in [-0.05, 0) is 31.3 Å². The normalized spacial score (nSPS) is 19.9. The van der Waals surface area contributed by atoms with E-state index in [1.807, 2.05) is 24.5 Å². The number of rotatable bonds is 4. The summed E-state index contributed by atoms with van der Waals surface area (Å²) in [6, 6.07) is 12.3. The van der Waals surface area contributed by atoms with Crippen LogP contribution in [0.3, 0.4) is 0 Å². The Kier molecular flexibility index (Phi) is 15.6. The maximum Gasteiger partial charge on any atom is 6.00 e. The third-order valence-corrected chi connectivity index (χ3v) is 4.55. The van der Waals surface area contributed by atoms with Crippen LogP contribution in [-0.4, -0.2) is 76.5 Å². The first-order valence-corrected chi connectivity index (χ1v) is 17.9. The zero-order valence-electron chi connectivity index (χ0n) is 23.5. The van der Waals surface area contributed by atoms with Crippen molar-refractivity contribution in [1.82, 2.24) is 24.7 Å². The molecular formula is C19H29F18N5OP3Ru+3. The van der Waals surface area contributed by atoms with Crippen LogP contribution in [0.5, 0.6) is 0 Å². The second-order valence-electron chi connectivity index (χ2n) is 9.37. The third kappa shape index (κ3) is 57.4. The summed E-state index contributed by atoms with van der Waals surface area (Å²) in [6.07, 6.45) is 3.76. The molecule has 3 rings (SSSR count). The molecule has 1 aliphatic rings. The first kappa shape index (κ1) is 50.2. The molecule has 1 aliphatic heterocycles. The molecule has 2 aromatic rings. The molecule has 0 spiro atoms. The first-order chi connectivity index (χ1) is 19.1. The molecule has 6 nitrogen and oxygen atoms in total. The van der Waals surface area contributed by atoms with Crippen LogP contribution in [0, 0.1) is 0 Å². The van der Waals surface area contributed by atoms with Crippen LogP contribution in [0.25, 0.3) is 0 Å². The monoisotopic (exact) mass is 880 g/mol. The van der Waals surface area contributed by atoms with Crippen LogP contribution in [0.15, 0.2) is 48.8 Å². The van der Waals surface area contributed by atoms with Crippen LogP contribution in [0.2, 0.25) is 0 Å². The van der Waals surface area contributed by atoms with Crippen LogP contribution in [0.4, 0.5) is 75.5 Å². The minimum absolute atomic E-state index is 0. The number of pyridine rings is 2. The Labute approximate surface area is 268 Å². The molecule has 2 aromatic heterocycles. The average Bonchev–Trinajstić information content (AvgIpc) is 2.81. The largest absolute Gasteiger partial charge is 6.00 e. The van der Waals surface area contributed by atoms with Crippen molar-refractivity contribution >= 4 is 23.4 Å². The molecule has 2 N–H and O–H groups in total. The minimum Gasteiger partial charge on any atom is -0.412 e. The Balaban J connectivity index is -0.000000695. The minimum atomic E-state index is -10.7. The van der Waals surface area contributed by atoms with Crippen molar-refractivity contribution in [2.45, 2.75) is 13.1 Å². The smallest absolute Gasteiger partial charge is 0.412 e. The summed E-state index contributed by atoms with van der Waals surface area (Å²) in [5.74, 6) is 0. The summed E-state index contributed by atoms with van der Waals surface area (Å²) in [5, 5.41) is 0. The van der Waals surface area contributed by atoms with E-state index in [4.69, 9.17) is 0 Å². The maximum absolute atomic E-state index is 10.7. The molecule has 0 radical (unpaired) electrons. The molecule has 47 heavy (non-hydrogen) atoms. The number of nitrogens with zero attached hydrogens (tertiary/aromatic N) is 5. The quantitative estimate of drug-likeness (QED) is 0.174. The molecule has 0 bridgehead atoms. The van der Waals surface area contributed by atoms with Crippen LogP contribution >= 0.6 is 23.4 Å². The molecule has 282 valence electrons. The Hall–Kier alpha value is -1.21.